The molecule has 0 unspecified atom stereocenters. The van der Waals surface area contributed by atoms with Crippen molar-refractivity contribution < 1.29 is 18.7 Å². The number of carbonyl (C=O) groups is 1. The van der Waals surface area contributed by atoms with E-state index in [1.165, 1.54) is 6.07 Å². The molecule has 0 fully saturated rings. The van der Waals surface area contributed by atoms with Crippen molar-refractivity contribution in [3.63, 3.8) is 0 Å². The lowest BCUT2D eigenvalue weighted by Crippen LogP contribution is -2.21. The van der Waals surface area contributed by atoms with E-state index in [1.54, 1.807) is 30.3 Å². The van der Waals surface area contributed by atoms with Gasteiger partial charge in [-0.2, -0.15) is 0 Å². The smallest absolute Gasteiger partial charge is 0.336 e. The maximum atomic E-state index is 12.6. The quantitative estimate of drug-likeness (QED) is 0.717. The molecule has 0 aliphatic carbocycles. The minimum Gasteiger partial charge on any atom is -0.490 e. The van der Waals surface area contributed by atoms with Crippen molar-refractivity contribution in [2.24, 2.45) is 0 Å². The molecule has 0 bridgehead atoms. The highest BCUT2D eigenvalue weighted by atomic mass is 16.5. The predicted molar refractivity (Wildman–Crippen MR) is 102 cm³/mol. The summed E-state index contributed by atoms with van der Waals surface area (Å²) in [5, 5.41) is 3.58. The number of para-hydroxylation sites is 1. The number of benzene rings is 2. The summed E-state index contributed by atoms with van der Waals surface area (Å²) in [6.07, 6.45) is 1.80. The van der Waals surface area contributed by atoms with E-state index in [0.29, 0.717) is 34.9 Å². The zero-order chi connectivity index (χ0) is 18.8. The van der Waals surface area contributed by atoms with Crippen LogP contribution >= 0.6 is 0 Å². The minimum atomic E-state index is -0.408. The van der Waals surface area contributed by atoms with E-state index >= 15 is 0 Å². The van der Waals surface area contributed by atoms with Crippen LogP contribution in [0.1, 0.15) is 12.5 Å². The van der Waals surface area contributed by atoms with Crippen molar-refractivity contribution in [3.05, 3.63) is 70.1 Å². The Hall–Kier alpha value is -3.54. The molecule has 0 spiro atoms. The maximum absolute atomic E-state index is 12.6. The van der Waals surface area contributed by atoms with Gasteiger partial charge in [-0.1, -0.05) is 12.1 Å². The molecule has 1 amide bonds. The van der Waals surface area contributed by atoms with E-state index in [2.05, 4.69) is 5.32 Å². The van der Waals surface area contributed by atoms with E-state index in [4.69, 9.17) is 13.9 Å². The summed E-state index contributed by atoms with van der Waals surface area (Å²) < 4.78 is 16.4. The molecule has 1 aliphatic rings. The van der Waals surface area contributed by atoms with E-state index in [-0.39, 0.29) is 12.5 Å². The topological polar surface area (TPSA) is 77.8 Å². The fourth-order valence-electron chi connectivity index (χ4n) is 2.94. The number of hydrogen-bond donors (Lipinski definition) is 1. The highest BCUT2D eigenvalue weighted by Gasteiger charge is 2.20. The predicted octanol–water partition coefficient (Wildman–Crippen LogP) is 3.61. The molecule has 1 aromatic heterocycles. The summed E-state index contributed by atoms with van der Waals surface area (Å²) in [5.41, 5.74) is 1.98. The van der Waals surface area contributed by atoms with Crippen molar-refractivity contribution in [2.75, 3.05) is 18.5 Å². The van der Waals surface area contributed by atoms with Gasteiger partial charge in [0.15, 0.2) is 11.5 Å². The van der Waals surface area contributed by atoms with E-state index in [0.717, 1.165) is 10.9 Å². The van der Waals surface area contributed by atoms with Crippen LogP contribution in [-0.2, 0) is 4.79 Å². The zero-order valence-electron chi connectivity index (χ0n) is 14.7. The molecular weight excluding hydrogens is 346 g/mol. The molecule has 0 atom stereocenters. The lowest BCUT2D eigenvalue weighted by Gasteiger charge is -2.20. The first kappa shape index (κ1) is 16.9. The third-order valence-electron chi connectivity index (χ3n) is 4.18. The standard InChI is InChI=1S/C21H17NO5/c1-2-25-18-5-3-4-14-10-15(12-26-20(14)18)21(24)22-16-7-8-17-13(11-16)6-9-19(23)27-17/h3-11H,2,12H2,1H3,(H,22,24). The Labute approximate surface area is 155 Å². The first-order valence-corrected chi connectivity index (χ1v) is 8.58. The monoisotopic (exact) mass is 363 g/mol. The second-order valence-corrected chi connectivity index (χ2v) is 6.03. The van der Waals surface area contributed by atoms with Gasteiger partial charge in [0.25, 0.3) is 5.91 Å². The number of carbonyl (C=O) groups excluding carboxylic acids is 1. The number of hydrogen-bond acceptors (Lipinski definition) is 5. The van der Waals surface area contributed by atoms with Crippen LogP contribution in [0.25, 0.3) is 17.0 Å². The summed E-state index contributed by atoms with van der Waals surface area (Å²) in [6, 6.07) is 13.7. The Morgan fingerprint density at radius 1 is 1.19 bits per heavy atom. The number of ether oxygens (including phenoxy) is 2. The van der Waals surface area contributed by atoms with Crippen LogP contribution in [0.2, 0.25) is 0 Å². The molecule has 4 rings (SSSR count). The van der Waals surface area contributed by atoms with Crippen LogP contribution in [-0.4, -0.2) is 19.1 Å². The molecule has 27 heavy (non-hydrogen) atoms. The Kier molecular flexibility index (Phi) is 4.38. The average molecular weight is 363 g/mol. The Balaban J connectivity index is 1.57. The van der Waals surface area contributed by atoms with Gasteiger partial charge < -0.3 is 19.2 Å². The fourth-order valence-corrected chi connectivity index (χ4v) is 2.94. The Morgan fingerprint density at radius 3 is 2.93 bits per heavy atom. The van der Waals surface area contributed by atoms with Crippen LogP contribution in [0.15, 0.2) is 63.3 Å². The molecule has 6 heteroatoms. The molecule has 0 radical (unpaired) electrons. The number of anilines is 1. The highest BCUT2D eigenvalue weighted by Crippen LogP contribution is 2.36. The van der Waals surface area contributed by atoms with Gasteiger partial charge in [0, 0.05) is 22.7 Å². The molecule has 136 valence electrons. The number of nitrogens with one attached hydrogen (secondary N) is 1. The van der Waals surface area contributed by atoms with Gasteiger partial charge in [-0.05, 0) is 43.3 Å². The lowest BCUT2D eigenvalue weighted by atomic mass is 10.1. The molecule has 1 aliphatic heterocycles. The SMILES string of the molecule is CCOc1cccc2c1OCC(C(=O)Nc1ccc3oc(=O)ccc3c1)=C2. The summed E-state index contributed by atoms with van der Waals surface area (Å²) in [4.78, 5) is 23.9. The second-order valence-electron chi connectivity index (χ2n) is 6.03. The summed E-state index contributed by atoms with van der Waals surface area (Å²) in [5.74, 6) is 1.07. The lowest BCUT2D eigenvalue weighted by molar-refractivity contribution is -0.113. The largest absolute Gasteiger partial charge is 0.490 e. The van der Waals surface area contributed by atoms with E-state index in [1.807, 2.05) is 25.1 Å². The Morgan fingerprint density at radius 2 is 2.07 bits per heavy atom. The number of fused-ring (bicyclic) bond motifs is 2. The van der Waals surface area contributed by atoms with Crippen molar-refractivity contribution in [1.29, 1.82) is 0 Å². The third-order valence-corrected chi connectivity index (χ3v) is 4.18. The van der Waals surface area contributed by atoms with Crippen molar-refractivity contribution in [2.45, 2.75) is 6.92 Å². The van der Waals surface area contributed by atoms with Crippen molar-refractivity contribution in [3.8, 4) is 11.5 Å². The van der Waals surface area contributed by atoms with Gasteiger partial charge in [0.05, 0.1) is 12.2 Å². The molecule has 0 saturated heterocycles. The van der Waals surface area contributed by atoms with Crippen molar-refractivity contribution >= 4 is 28.6 Å². The minimum absolute atomic E-state index is 0.158. The van der Waals surface area contributed by atoms with Crippen LogP contribution < -0.4 is 20.4 Å². The molecule has 6 nitrogen and oxygen atoms in total. The van der Waals surface area contributed by atoms with Crippen LogP contribution in [0.5, 0.6) is 11.5 Å². The average Bonchev–Trinajstić information content (AvgIpc) is 2.68. The van der Waals surface area contributed by atoms with Gasteiger partial charge in [-0.15, -0.1) is 0 Å². The molecule has 2 heterocycles. The molecular formula is C21H17NO5. The molecule has 1 N–H and O–H groups in total. The van der Waals surface area contributed by atoms with Gasteiger partial charge in [0.1, 0.15) is 12.2 Å². The third kappa shape index (κ3) is 3.42. The van der Waals surface area contributed by atoms with Crippen LogP contribution in [0.3, 0.4) is 0 Å². The first-order valence-electron chi connectivity index (χ1n) is 8.58. The maximum Gasteiger partial charge on any atom is 0.336 e. The van der Waals surface area contributed by atoms with E-state index < -0.39 is 5.63 Å². The highest BCUT2D eigenvalue weighted by molar-refractivity contribution is 6.08. The van der Waals surface area contributed by atoms with E-state index in [9.17, 15) is 9.59 Å². The van der Waals surface area contributed by atoms with Crippen molar-refractivity contribution in [1.82, 2.24) is 0 Å². The van der Waals surface area contributed by atoms with Gasteiger partial charge in [-0.3, -0.25) is 4.79 Å². The summed E-state index contributed by atoms with van der Waals surface area (Å²) in [7, 11) is 0. The first-order chi connectivity index (χ1) is 13.1. The second kappa shape index (κ2) is 6.99. The van der Waals surface area contributed by atoms with Gasteiger partial charge >= 0.3 is 5.63 Å². The normalized spacial score (nSPS) is 12.7. The van der Waals surface area contributed by atoms with Crippen LogP contribution in [0, 0.1) is 0 Å². The molecule has 3 aromatic rings. The Bertz CT molecular complexity index is 1110. The fraction of sp³-hybridized carbons (Fsp3) is 0.143. The van der Waals surface area contributed by atoms with Crippen LogP contribution in [0.4, 0.5) is 5.69 Å². The van der Waals surface area contributed by atoms with Gasteiger partial charge in [0.2, 0.25) is 0 Å². The van der Waals surface area contributed by atoms with Gasteiger partial charge in [-0.25, -0.2) is 4.79 Å². The zero-order valence-corrected chi connectivity index (χ0v) is 14.7. The summed E-state index contributed by atoms with van der Waals surface area (Å²) in [6.45, 7) is 2.61. The molecule has 0 saturated carbocycles. The number of rotatable bonds is 4. The molecule has 2 aromatic carbocycles. The summed E-state index contributed by atoms with van der Waals surface area (Å²) >= 11 is 0. The number of amides is 1.